The number of nitrogens with one attached hydrogen (secondary N) is 1. The molecular formula is C17H23N3O2. The fourth-order valence-electron chi connectivity index (χ4n) is 2.92. The number of hydrogen-bond donors (Lipinski definition) is 2. The lowest BCUT2D eigenvalue weighted by atomic mass is 10.0. The zero-order valence-corrected chi connectivity index (χ0v) is 13.4. The summed E-state index contributed by atoms with van der Waals surface area (Å²) in [5.41, 5.74) is 3.32. The zero-order valence-electron chi connectivity index (χ0n) is 13.4. The van der Waals surface area contributed by atoms with Crippen molar-refractivity contribution in [2.75, 3.05) is 11.9 Å². The first-order valence-corrected chi connectivity index (χ1v) is 7.67. The van der Waals surface area contributed by atoms with Crippen LogP contribution >= 0.6 is 0 Å². The van der Waals surface area contributed by atoms with Crippen LogP contribution in [0.15, 0.2) is 24.3 Å². The van der Waals surface area contributed by atoms with Crippen molar-refractivity contribution in [3.05, 3.63) is 41.1 Å². The molecule has 0 spiro atoms. The highest BCUT2D eigenvalue weighted by atomic mass is 16.5. The van der Waals surface area contributed by atoms with Gasteiger partial charge in [0.2, 0.25) is 0 Å². The SMILES string of the molecule is Cc1cc(NCc2ccc3c(c2)CC(C)(C)O3)n(CCO)n1. The molecule has 0 unspecified atom stereocenters. The third kappa shape index (κ3) is 3.09. The minimum Gasteiger partial charge on any atom is -0.487 e. The van der Waals surface area contributed by atoms with E-state index >= 15 is 0 Å². The molecule has 0 radical (unpaired) electrons. The number of aryl methyl sites for hydroxylation is 1. The highest BCUT2D eigenvalue weighted by Crippen LogP contribution is 2.35. The van der Waals surface area contributed by atoms with Gasteiger partial charge in [-0.1, -0.05) is 12.1 Å². The van der Waals surface area contributed by atoms with Gasteiger partial charge in [0.05, 0.1) is 18.8 Å². The van der Waals surface area contributed by atoms with E-state index in [0.717, 1.165) is 30.2 Å². The minimum absolute atomic E-state index is 0.0844. The van der Waals surface area contributed by atoms with Crippen LogP contribution in [0.1, 0.15) is 30.7 Å². The van der Waals surface area contributed by atoms with Crippen LogP contribution in [0.2, 0.25) is 0 Å². The average Bonchev–Trinajstić information content (AvgIpc) is 2.94. The van der Waals surface area contributed by atoms with Crippen LogP contribution in [0.25, 0.3) is 0 Å². The molecular weight excluding hydrogens is 278 g/mol. The van der Waals surface area contributed by atoms with Gasteiger partial charge in [0.1, 0.15) is 17.2 Å². The van der Waals surface area contributed by atoms with Crippen molar-refractivity contribution in [2.24, 2.45) is 0 Å². The van der Waals surface area contributed by atoms with Crippen LogP contribution in [-0.2, 0) is 19.5 Å². The lowest BCUT2D eigenvalue weighted by Crippen LogP contribution is -2.24. The van der Waals surface area contributed by atoms with Gasteiger partial charge in [-0.3, -0.25) is 0 Å². The number of hydrogen-bond acceptors (Lipinski definition) is 4. The molecule has 118 valence electrons. The summed E-state index contributed by atoms with van der Waals surface area (Å²) in [6.07, 6.45) is 0.942. The Bertz CT molecular complexity index is 677. The van der Waals surface area contributed by atoms with Gasteiger partial charge in [0, 0.05) is 19.0 Å². The van der Waals surface area contributed by atoms with Gasteiger partial charge < -0.3 is 15.2 Å². The number of rotatable bonds is 5. The molecule has 2 heterocycles. The lowest BCUT2D eigenvalue weighted by molar-refractivity contribution is 0.138. The van der Waals surface area contributed by atoms with Crippen molar-refractivity contribution in [1.82, 2.24) is 9.78 Å². The van der Waals surface area contributed by atoms with Crippen molar-refractivity contribution >= 4 is 5.82 Å². The number of ether oxygens (including phenoxy) is 1. The number of aliphatic hydroxyl groups is 1. The highest BCUT2D eigenvalue weighted by molar-refractivity contribution is 5.44. The van der Waals surface area contributed by atoms with E-state index in [1.807, 2.05) is 13.0 Å². The van der Waals surface area contributed by atoms with Gasteiger partial charge in [0.25, 0.3) is 0 Å². The Morgan fingerprint density at radius 2 is 2.18 bits per heavy atom. The monoisotopic (exact) mass is 301 g/mol. The lowest BCUT2D eigenvalue weighted by Gasteiger charge is -2.16. The molecule has 5 nitrogen and oxygen atoms in total. The van der Waals surface area contributed by atoms with E-state index in [4.69, 9.17) is 9.84 Å². The molecule has 1 aliphatic heterocycles. The Hall–Kier alpha value is -2.01. The number of anilines is 1. The maximum atomic E-state index is 9.09. The predicted molar refractivity (Wildman–Crippen MR) is 86.2 cm³/mol. The van der Waals surface area contributed by atoms with Crippen molar-refractivity contribution in [1.29, 1.82) is 0 Å². The number of fused-ring (bicyclic) bond motifs is 1. The van der Waals surface area contributed by atoms with E-state index in [1.165, 1.54) is 11.1 Å². The summed E-state index contributed by atoms with van der Waals surface area (Å²) in [5.74, 6) is 1.93. The topological polar surface area (TPSA) is 59.3 Å². The van der Waals surface area contributed by atoms with Gasteiger partial charge in [-0.25, -0.2) is 4.68 Å². The van der Waals surface area contributed by atoms with E-state index in [9.17, 15) is 0 Å². The molecule has 2 N–H and O–H groups in total. The fraction of sp³-hybridized carbons (Fsp3) is 0.471. The summed E-state index contributed by atoms with van der Waals surface area (Å²) < 4.78 is 7.70. The Morgan fingerprint density at radius 3 is 2.95 bits per heavy atom. The van der Waals surface area contributed by atoms with E-state index in [0.29, 0.717) is 6.54 Å². The third-order valence-corrected chi connectivity index (χ3v) is 3.81. The van der Waals surface area contributed by atoms with Crippen LogP contribution in [0.5, 0.6) is 5.75 Å². The van der Waals surface area contributed by atoms with Gasteiger partial charge in [-0.05, 0) is 38.0 Å². The van der Waals surface area contributed by atoms with Crippen LogP contribution < -0.4 is 10.1 Å². The Balaban J connectivity index is 1.70. The summed E-state index contributed by atoms with van der Waals surface area (Å²) in [7, 11) is 0. The largest absolute Gasteiger partial charge is 0.487 e. The van der Waals surface area contributed by atoms with Crippen molar-refractivity contribution < 1.29 is 9.84 Å². The number of benzene rings is 1. The van der Waals surface area contributed by atoms with Gasteiger partial charge in [-0.15, -0.1) is 0 Å². The summed E-state index contributed by atoms with van der Waals surface area (Å²) in [4.78, 5) is 0. The second-order valence-electron chi connectivity index (χ2n) is 6.45. The fourth-order valence-corrected chi connectivity index (χ4v) is 2.92. The van der Waals surface area contributed by atoms with Gasteiger partial charge in [-0.2, -0.15) is 5.10 Å². The molecule has 2 aromatic rings. The first-order chi connectivity index (χ1) is 10.5. The normalized spacial score (nSPS) is 15.5. The molecule has 0 amide bonds. The maximum absolute atomic E-state index is 9.09. The number of nitrogens with zero attached hydrogens (tertiary/aromatic N) is 2. The van der Waals surface area contributed by atoms with Gasteiger partial charge >= 0.3 is 0 Å². The predicted octanol–water partition coefficient (Wildman–Crippen LogP) is 2.51. The Morgan fingerprint density at radius 1 is 1.36 bits per heavy atom. The highest BCUT2D eigenvalue weighted by Gasteiger charge is 2.29. The van der Waals surface area contributed by atoms with Crippen LogP contribution in [-0.4, -0.2) is 27.1 Å². The van der Waals surface area contributed by atoms with E-state index in [-0.39, 0.29) is 12.2 Å². The van der Waals surface area contributed by atoms with Crippen molar-refractivity contribution in [3.8, 4) is 5.75 Å². The number of aliphatic hydroxyl groups excluding tert-OH is 1. The van der Waals surface area contributed by atoms with Crippen molar-refractivity contribution in [2.45, 2.75) is 45.9 Å². The van der Waals surface area contributed by atoms with E-state index in [2.05, 4.69) is 42.5 Å². The summed E-state index contributed by atoms with van der Waals surface area (Å²) in [6, 6.07) is 8.34. The summed E-state index contributed by atoms with van der Waals surface area (Å²) in [6.45, 7) is 7.49. The van der Waals surface area contributed by atoms with E-state index < -0.39 is 0 Å². The molecule has 0 saturated carbocycles. The second kappa shape index (κ2) is 5.65. The first-order valence-electron chi connectivity index (χ1n) is 7.67. The molecule has 0 saturated heterocycles. The van der Waals surface area contributed by atoms with E-state index in [1.54, 1.807) is 4.68 Å². The molecule has 0 atom stereocenters. The molecule has 22 heavy (non-hydrogen) atoms. The first kappa shape index (κ1) is 14.9. The third-order valence-electron chi connectivity index (χ3n) is 3.81. The molecule has 0 bridgehead atoms. The zero-order chi connectivity index (χ0) is 15.7. The molecule has 1 aromatic heterocycles. The number of aromatic nitrogens is 2. The van der Waals surface area contributed by atoms with Crippen LogP contribution in [0.4, 0.5) is 5.82 Å². The summed E-state index contributed by atoms with van der Waals surface area (Å²) >= 11 is 0. The molecule has 0 aliphatic carbocycles. The standard InChI is InChI=1S/C17H23N3O2/c1-12-8-16(20(19-12)6-7-21)18-11-13-4-5-15-14(9-13)10-17(2,3)22-15/h4-5,8-9,18,21H,6-7,10-11H2,1-3H3. The second-order valence-corrected chi connectivity index (χ2v) is 6.45. The molecule has 1 aromatic carbocycles. The molecule has 1 aliphatic rings. The quantitative estimate of drug-likeness (QED) is 0.891. The molecule has 0 fully saturated rings. The Kier molecular flexibility index (Phi) is 3.83. The molecule has 5 heteroatoms. The maximum Gasteiger partial charge on any atom is 0.124 e. The smallest absolute Gasteiger partial charge is 0.124 e. The van der Waals surface area contributed by atoms with Crippen molar-refractivity contribution in [3.63, 3.8) is 0 Å². The van der Waals surface area contributed by atoms with Crippen LogP contribution in [0.3, 0.4) is 0 Å². The van der Waals surface area contributed by atoms with Gasteiger partial charge in [0.15, 0.2) is 0 Å². The summed E-state index contributed by atoms with van der Waals surface area (Å²) in [5, 5.41) is 16.9. The molecule has 3 rings (SSSR count). The minimum atomic E-state index is -0.106. The van der Waals surface area contributed by atoms with Crippen LogP contribution in [0, 0.1) is 6.92 Å². The Labute approximate surface area is 130 Å². The average molecular weight is 301 g/mol.